The molecule has 0 saturated carbocycles. The van der Waals surface area contributed by atoms with Crippen molar-refractivity contribution in [3.05, 3.63) is 29.5 Å². The van der Waals surface area contributed by atoms with Gasteiger partial charge in [0, 0.05) is 11.3 Å². The molecular weight excluding hydrogens is 228 g/mol. The van der Waals surface area contributed by atoms with Crippen molar-refractivity contribution in [3.63, 3.8) is 0 Å². The Balaban J connectivity index is 2.59. The van der Waals surface area contributed by atoms with E-state index < -0.39 is 0 Å². The van der Waals surface area contributed by atoms with Gasteiger partial charge in [-0.25, -0.2) is 0 Å². The number of furan rings is 1. The normalized spacial score (nSPS) is 11.2. The summed E-state index contributed by atoms with van der Waals surface area (Å²) in [5.74, 6) is 1.05. The highest BCUT2D eigenvalue weighted by Gasteiger charge is 2.18. The van der Waals surface area contributed by atoms with Crippen LogP contribution in [-0.4, -0.2) is 12.9 Å². The number of rotatable bonds is 4. The summed E-state index contributed by atoms with van der Waals surface area (Å²) < 4.78 is 11.0. The third-order valence-electron chi connectivity index (χ3n) is 3.04. The van der Waals surface area contributed by atoms with Crippen molar-refractivity contribution in [1.29, 1.82) is 0 Å². The molecule has 2 rings (SSSR count). The smallest absolute Gasteiger partial charge is 0.200 e. The summed E-state index contributed by atoms with van der Waals surface area (Å²) in [7, 11) is 1.61. The summed E-state index contributed by atoms with van der Waals surface area (Å²) in [6, 6.07) is 5.80. The van der Waals surface area contributed by atoms with Crippen molar-refractivity contribution in [1.82, 2.24) is 0 Å². The maximum Gasteiger partial charge on any atom is 0.200 e. The number of carbonyl (C=O) groups excluding carboxylic acids is 1. The van der Waals surface area contributed by atoms with Crippen LogP contribution in [0.2, 0.25) is 0 Å². The lowest BCUT2D eigenvalue weighted by molar-refractivity contribution is 0.0913. The molecule has 0 bridgehead atoms. The molecule has 0 fully saturated rings. The molecule has 0 atom stereocenters. The Bertz CT molecular complexity index is 579. The van der Waals surface area contributed by atoms with Crippen LogP contribution in [-0.2, 0) is 6.42 Å². The summed E-state index contributed by atoms with van der Waals surface area (Å²) >= 11 is 0. The van der Waals surface area contributed by atoms with Crippen molar-refractivity contribution in [3.8, 4) is 5.75 Å². The lowest BCUT2D eigenvalue weighted by Gasteiger charge is -2.03. The zero-order chi connectivity index (χ0) is 13.3. The molecule has 2 aromatic rings. The third kappa shape index (κ3) is 2.13. The van der Waals surface area contributed by atoms with E-state index in [9.17, 15) is 4.79 Å². The molecule has 18 heavy (non-hydrogen) atoms. The number of aryl methyl sites for hydroxylation is 1. The van der Waals surface area contributed by atoms with Crippen LogP contribution < -0.4 is 4.74 Å². The molecule has 96 valence electrons. The highest BCUT2D eigenvalue weighted by Crippen LogP contribution is 2.31. The molecule has 0 radical (unpaired) electrons. The number of ketones is 1. The summed E-state index contributed by atoms with van der Waals surface area (Å²) in [5, 5.41) is 0.926. The number of benzene rings is 1. The molecule has 3 heteroatoms. The summed E-state index contributed by atoms with van der Waals surface area (Å²) in [6.45, 7) is 5.81. The minimum Gasteiger partial charge on any atom is -0.493 e. The summed E-state index contributed by atoms with van der Waals surface area (Å²) in [4.78, 5) is 11.9. The average molecular weight is 246 g/mol. The summed E-state index contributed by atoms with van der Waals surface area (Å²) in [6.07, 6.45) is 0.922. The number of Topliss-reactive ketones (excluding diaryl/α,β-unsaturated/α-hetero) is 1. The van der Waals surface area contributed by atoms with Gasteiger partial charge in [-0.2, -0.15) is 0 Å². The van der Waals surface area contributed by atoms with Crippen molar-refractivity contribution in [2.75, 3.05) is 7.11 Å². The zero-order valence-corrected chi connectivity index (χ0v) is 11.2. The van der Waals surface area contributed by atoms with Crippen LogP contribution in [0, 0.1) is 5.92 Å². The van der Waals surface area contributed by atoms with Gasteiger partial charge >= 0.3 is 0 Å². The van der Waals surface area contributed by atoms with Gasteiger partial charge in [0.05, 0.1) is 7.11 Å². The van der Waals surface area contributed by atoms with E-state index in [0.717, 1.165) is 11.8 Å². The zero-order valence-electron chi connectivity index (χ0n) is 11.2. The molecule has 3 nitrogen and oxygen atoms in total. The second-order valence-electron chi connectivity index (χ2n) is 4.70. The fraction of sp³-hybridized carbons (Fsp3) is 0.400. The number of ether oxygens (including phenoxy) is 1. The van der Waals surface area contributed by atoms with E-state index >= 15 is 0 Å². The van der Waals surface area contributed by atoms with Crippen LogP contribution in [0.15, 0.2) is 22.6 Å². The third-order valence-corrected chi connectivity index (χ3v) is 3.04. The Kier molecular flexibility index (Phi) is 3.41. The standard InChI is InChI=1S/C15H18O3/c1-5-10-6-11-8-12(14(16)9(2)3)18-15(11)13(7-10)17-4/h6-9H,5H2,1-4H3. The average Bonchev–Trinajstić information content (AvgIpc) is 2.79. The van der Waals surface area contributed by atoms with Gasteiger partial charge in [-0.05, 0) is 30.2 Å². The van der Waals surface area contributed by atoms with E-state index in [2.05, 4.69) is 6.92 Å². The fourth-order valence-corrected chi connectivity index (χ4v) is 1.94. The lowest BCUT2D eigenvalue weighted by Crippen LogP contribution is -2.05. The predicted octanol–water partition coefficient (Wildman–Crippen LogP) is 3.84. The molecule has 0 amide bonds. The quantitative estimate of drug-likeness (QED) is 0.769. The molecular formula is C15H18O3. The van der Waals surface area contributed by atoms with Gasteiger partial charge in [0.2, 0.25) is 5.78 Å². The van der Waals surface area contributed by atoms with Crippen LogP contribution in [0.5, 0.6) is 5.75 Å². The Morgan fingerprint density at radius 1 is 1.33 bits per heavy atom. The SMILES string of the molecule is CCc1cc(OC)c2oc(C(=O)C(C)C)cc2c1. The minimum absolute atomic E-state index is 0.0197. The van der Waals surface area contributed by atoms with E-state index in [1.165, 1.54) is 5.56 Å². The maximum atomic E-state index is 11.9. The number of hydrogen-bond donors (Lipinski definition) is 0. The molecule has 0 unspecified atom stereocenters. The Morgan fingerprint density at radius 2 is 2.06 bits per heavy atom. The topological polar surface area (TPSA) is 39.4 Å². The van der Waals surface area contributed by atoms with Gasteiger partial charge in [0.25, 0.3) is 0 Å². The lowest BCUT2D eigenvalue weighted by atomic mass is 10.1. The van der Waals surface area contributed by atoms with Crippen molar-refractivity contribution in [2.45, 2.75) is 27.2 Å². The van der Waals surface area contributed by atoms with E-state index in [0.29, 0.717) is 17.1 Å². The van der Waals surface area contributed by atoms with Gasteiger partial charge in [-0.15, -0.1) is 0 Å². The first-order valence-electron chi connectivity index (χ1n) is 6.21. The largest absolute Gasteiger partial charge is 0.493 e. The molecule has 1 aromatic heterocycles. The molecule has 1 heterocycles. The molecule has 1 aromatic carbocycles. The molecule has 0 aliphatic rings. The van der Waals surface area contributed by atoms with E-state index in [4.69, 9.17) is 9.15 Å². The first-order chi connectivity index (χ1) is 8.56. The van der Waals surface area contributed by atoms with Crippen molar-refractivity contribution in [2.24, 2.45) is 5.92 Å². The second kappa shape index (κ2) is 4.84. The molecule has 0 N–H and O–H groups in total. The van der Waals surface area contributed by atoms with Gasteiger partial charge in [0.15, 0.2) is 17.1 Å². The van der Waals surface area contributed by atoms with Crippen LogP contribution in [0.3, 0.4) is 0 Å². The maximum absolute atomic E-state index is 11.9. The van der Waals surface area contributed by atoms with Crippen LogP contribution in [0.25, 0.3) is 11.0 Å². The first kappa shape index (κ1) is 12.7. The number of fused-ring (bicyclic) bond motifs is 1. The monoisotopic (exact) mass is 246 g/mol. The minimum atomic E-state index is -0.0674. The Morgan fingerprint density at radius 3 is 2.61 bits per heavy atom. The van der Waals surface area contributed by atoms with Crippen LogP contribution in [0.1, 0.15) is 36.9 Å². The van der Waals surface area contributed by atoms with E-state index in [-0.39, 0.29) is 11.7 Å². The molecule has 0 saturated heterocycles. The highest BCUT2D eigenvalue weighted by molar-refractivity contribution is 5.99. The van der Waals surface area contributed by atoms with Crippen LogP contribution >= 0.6 is 0 Å². The van der Waals surface area contributed by atoms with E-state index in [1.807, 2.05) is 26.0 Å². The Labute approximate surface area is 107 Å². The van der Waals surface area contributed by atoms with E-state index in [1.54, 1.807) is 13.2 Å². The number of carbonyl (C=O) groups is 1. The van der Waals surface area contributed by atoms with Crippen LogP contribution in [0.4, 0.5) is 0 Å². The first-order valence-corrected chi connectivity index (χ1v) is 6.21. The van der Waals surface area contributed by atoms with Gasteiger partial charge in [-0.3, -0.25) is 4.79 Å². The van der Waals surface area contributed by atoms with Crippen molar-refractivity contribution >= 4 is 16.8 Å². The summed E-state index contributed by atoms with van der Waals surface area (Å²) in [5.41, 5.74) is 1.82. The molecule has 0 aliphatic heterocycles. The van der Waals surface area contributed by atoms with Gasteiger partial charge in [-0.1, -0.05) is 20.8 Å². The Hall–Kier alpha value is -1.77. The molecule has 0 spiro atoms. The van der Waals surface area contributed by atoms with Gasteiger partial charge in [0.1, 0.15) is 0 Å². The number of methoxy groups -OCH3 is 1. The predicted molar refractivity (Wildman–Crippen MR) is 71.3 cm³/mol. The highest BCUT2D eigenvalue weighted by atomic mass is 16.5. The van der Waals surface area contributed by atoms with Gasteiger partial charge < -0.3 is 9.15 Å². The number of hydrogen-bond acceptors (Lipinski definition) is 3. The molecule has 0 aliphatic carbocycles. The fourth-order valence-electron chi connectivity index (χ4n) is 1.94. The van der Waals surface area contributed by atoms with Crippen molar-refractivity contribution < 1.29 is 13.9 Å². The second-order valence-corrected chi connectivity index (χ2v) is 4.70.